The number of hydrogen-bond acceptors (Lipinski definition) is 5. The molecule has 2 heterocycles. The molecule has 0 spiro atoms. The van der Waals surface area contributed by atoms with Gasteiger partial charge in [0.2, 0.25) is 5.88 Å². The molecule has 0 saturated heterocycles. The number of rotatable bonds is 3. The third-order valence-corrected chi connectivity index (χ3v) is 7.98. The molecule has 0 bridgehead atoms. The van der Waals surface area contributed by atoms with Gasteiger partial charge in [-0.1, -0.05) is 48.5 Å². The van der Waals surface area contributed by atoms with Crippen LogP contribution in [0.5, 0.6) is 0 Å². The third-order valence-electron chi connectivity index (χ3n) is 6.10. The van der Waals surface area contributed by atoms with Crippen LogP contribution in [0.15, 0.2) is 89.2 Å². The molecule has 0 saturated carbocycles. The molecule has 0 amide bonds. The Hall–Kier alpha value is -4.09. The van der Waals surface area contributed by atoms with Gasteiger partial charge in [-0.2, -0.15) is 5.26 Å². The van der Waals surface area contributed by atoms with Crippen LogP contribution >= 0.6 is 0 Å². The van der Waals surface area contributed by atoms with Crippen LogP contribution in [0.3, 0.4) is 0 Å². The zero-order chi connectivity index (χ0) is 24.0. The van der Waals surface area contributed by atoms with E-state index in [4.69, 9.17) is 10.5 Å². The van der Waals surface area contributed by atoms with E-state index in [0.29, 0.717) is 22.4 Å². The molecule has 8 heteroatoms. The van der Waals surface area contributed by atoms with Crippen LogP contribution in [-0.2, 0) is 21.3 Å². The lowest BCUT2D eigenvalue weighted by molar-refractivity contribution is 0.357. The van der Waals surface area contributed by atoms with E-state index in [2.05, 4.69) is 6.07 Å². The summed E-state index contributed by atoms with van der Waals surface area (Å²) in [5.74, 6) is -1.33. The summed E-state index contributed by atoms with van der Waals surface area (Å²) in [6, 6.07) is 22.0. The Kier molecular flexibility index (Phi) is 5.14. The van der Waals surface area contributed by atoms with E-state index in [-0.39, 0.29) is 28.7 Å². The smallest absolute Gasteiger partial charge is 0.265 e. The average Bonchev–Trinajstić information content (AvgIpc) is 2.82. The number of nitrogens with two attached hydrogens (primary N) is 1. The molecule has 1 atom stereocenters. The number of fused-ring (bicyclic) bond motifs is 2. The van der Waals surface area contributed by atoms with Crippen molar-refractivity contribution in [1.82, 2.24) is 0 Å². The Morgan fingerprint density at radius 3 is 2.44 bits per heavy atom. The minimum absolute atomic E-state index is 0.0159. The zero-order valence-electron chi connectivity index (χ0n) is 18.2. The molecule has 1 unspecified atom stereocenters. The maximum absolute atomic E-state index is 14.2. The van der Waals surface area contributed by atoms with E-state index < -0.39 is 21.8 Å². The van der Waals surface area contributed by atoms with Gasteiger partial charge in [0.15, 0.2) is 5.76 Å². The van der Waals surface area contributed by atoms with Gasteiger partial charge in [0.05, 0.1) is 18.2 Å². The normalized spacial score (nSPS) is 18.6. The van der Waals surface area contributed by atoms with Gasteiger partial charge < -0.3 is 10.5 Å². The standard InChI is InChI=1S/C26H20FN3O3S/c1-16-6-2-3-7-19(16)23-21(14-28)26(29)33-24-20-8-4-5-9-22(20)30(34(31,32)25(23)24)15-17-10-12-18(27)13-11-17/h2-13,23H,15,29H2,1H3. The van der Waals surface area contributed by atoms with E-state index in [1.54, 1.807) is 48.5 Å². The van der Waals surface area contributed by atoms with Crippen molar-refractivity contribution >= 4 is 21.5 Å². The molecule has 34 heavy (non-hydrogen) atoms. The minimum Gasteiger partial charge on any atom is -0.439 e. The first-order valence-electron chi connectivity index (χ1n) is 10.6. The van der Waals surface area contributed by atoms with Crippen molar-refractivity contribution in [3.63, 3.8) is 0 Å². The van der Waals surface area contributed by atoms with E-state index in [1.165, 1.54) is 16.4 Å². The third kappa shape index (κ3) is 3.33. The van der Waals surface area contributed by atoms with Gasteiger partial charge >= 0.3 is 0 Å². The van der Waals surface area contributed by atoms with Gasteiger partial charge in [-0.3, -0.25) is 4.31 Å². The van der Waals surface area contributed by atoms with Crippen LogP contribution in [-0.4, -0.2) is 8.42 Å². The predicted molar refractivity (Wildman–Crippen MR) is 127 cm³/mol. The number of nitriles is 1. The highest BCUT2D eigenvalue weighted by Crippen LogP contribution is 2.51. The van der Waals surface area contributed by atoms with Crippen LogP contribution in [0.1, 0.15) is 28.2 Å². The number of ether oxygens (including phenoxy) is 1. The van der Waals surface area contributed by atoms with Crippen LogP contribution in [0.25, 0.3) is 5.76 Å². The molecule has 0 aliphatic carbocycles. The molecule has 0 aromatic heterocycles. The maximum atomic E-state index is 14.2. The molecule has 2 aliphatic rings. The number of allylic oxidation sites excluding steroid dienone is 2. The lowest BCUT2D eigenvalue weighted by Gasteiger charge is -2.38. The highest BCUT2D eigenvalue weighted by molar-refractivity contribution is 7.96. The first kappa shape index (κ1) is 21.7. The largest absolute Gasteiger partial charge is 0.439 e. The summed E-state index contributed by atoms with van der Waals surface area (Å²) in [5, 5.41) is 9.93. The second-order valence-electron chi connectivity index (χ2n) is 8.13. The number of sulfonamides is 1. The minimum atomic E-state index is -4.17. The molecule has 3 aromatic carbocycles. The molecule has 2 N–H and O–H groups in total. The summed E-state index contributed by atoms with van der Waals surface area (Å²) in [4.78, 5) is -0.0339. The van der Waals surface area contributed by atoms with Gasteiger partial charge in [0.25, 0.3) is 10.0 Å². The van der Waals surface area contributed by atoms with Crippen LogP contribution in [0.2, 0.25) is 0 Å². The van der Waals surface area contributed by atoms with E-state index in [1.807, 2.05) is 19.1 Å². The van der Waals surface area contributed by atoms with Crippen molar-refractivity contribution in [2.75, 3.05) is 4.31 Å². The average molecular weight is 474 g/mol. The SMILES string of the molecule is Cc1ccccc1C1C(C#N)=C(N)OC2=C1S(=O)(=O)N(Cc1ccc(F)cc1)c1ccccc12. The van der Waals surface area contributed by atoms with Gasteiger partial charge in [-0.15, -0.1) is 0 Å². The van der Waals surface area contributed by atoms with Crippen LogP contribution in [0, 0.1) is 24.1 Å². The number of aryl methyl sites for hydroxylation is 1. The fourth-order valence-electron chi connectivity index (χ4n) is 4.46. The Balaban J connectivity index is 1.77. The lowest BCUT2D eigenvalue weighted by Crippen LogP contribution is -2.39. The van der Waals surface area contributed by atoms with Gasteiger partial charge in [-0.05, 0) is 47.9 Å². The first-order valence-corrected chi connectivity index (χ1v) is 12.0. The Labute approximate surface area is 197 Å². The fraction of sp³-hybridized carbons (Fsp3) is 0.115. The Morgan fingerprint density at radius 2 is 1.74 bits per heavy atom. The first-order chi connectivity index (χ1) is 16.3. The topological polar surface area (TPSA) is 96.4 Å². The highest BCUT2D eigenvalue weighted by atomic mass is 32.2. The van der Waals surface area contributed by atoms with E-state index >= 15 is 0 Å². The van der Waals surface area contributed by atoms with E-state index in [0.717, 1.165) is 5.56 Å². The van der Waals surface area contributed by atoms with Gasteiger partial charge in [-0.25, -0.2) is 12.8 Å². The molecule has 6 nitrogen and oxygen atoms in total. The van der Waals surface area contributed by atoms with Crippen molar-refractivity contribution in [3.05, 3.63) is 117 Å². The second kappa shape index (κ2) is 8.04. The number of halogens is 1. The molecule has 2 aliphatic heterocycles. The zero-order valence-corrected chi connectivity index (χ0v) is 19.0. The van der Waals surface area contributed by atoms with Crippen molar-refractivity contribution in [2.24, 2.45) is 5.73 Å². The summed E-state index contributed by atoms with van der Waals surface area (Å²) >= 11 is 0. The van der Waals surface area contributed by atoms with Crippen LogP contribution < -0.4 is 10.0 Å². The Morgan fingerprint density at radius 1 is 1.06 bits per heavy atom. The summed E-state index contributed by atoms with van der Waals surface area (Å²) in [5.41, 5.74) is 9.25. The number of benzene rings is 3. The lowest BCUT2D eigenvalue weighted by atomic mass is 9.86. The molecule has 3 aromatic rings. The summed E-state index contributed by atoms with van der Waals surface area (Å²) in [6.45, 7) is 1.84. The van der Waals surface area contributed by atoms with Crippen molar-refractivity contribution in [3.8, 4) is 6.07 Å². The molecule has 5 rings (SSSR count). The number of hydrogen-bond donors (Lipinski definition) is 1. The van der Waals surface area contributed by atoms with Crippen molar-refractivity contribution < 1.29 is 17.5 Å². The summed E-state index contributed by atoms with van der Waals surface area (Å²) < 4.78 is 48.9. The molecular formula is C26H20FN3O3S. The molecule has 0 radical (unpaired) electrons. The second-order valence-corrected chi connectivity index (χ2v) is 9.96. The monoisotopic (exact) mass is 473 g/mol. The van der Waals surface area contributed by atoms with Gasteiger partial charge in [0.1, 0.15) is 22.4 Å². The predicted octanol–water partition coefficient (Wildman–Crippen LogP) is 4.66. The number of anilines is 1. The number of nitrogens with zero attached hydrogens (tertiary/aromatic N) is 2. The summed E-state index contributed by atoms with van der Waals surface area (Å²) in [7, 11) is -4.17. The van der Waals surface area contributed by atoms with Crippen molar-refractivity contribution in [2.45, 2.75) is 19.4 Å². The maximum Gasteiger partial charge on any atom is 0.265 e. The molecule has 0 fully saturated rings. The quantitative estimate of drug-likeness (QED) is 0.597. The van der Waals surface area contributed by atoms with Crippen molar-refractivity contribution in [1.29, 1.82) is 5.26 Å². The van der Waals surface area contributed by atoms with E-state index in [9.17, 15) is 18.1 Å². The summed E-state index contributed by atoms with van der Waals surface area (Å²) in [6.07, 6.45) is 0. The molecular weight excluding hydrogens is 453 g/mol. The fourth-order valence-corrected chi connectivity index (χ4v) is 6.36. The highest BCUT2D eigenvalue weighted by Gasteiger charge is 2.47. The molecule has 170 valence electrons. The Bertz CT molecular complexity index is 1520. The number of para-hydroxylation sites is 1. The van der Waals surface area contributed by atoms with Crippen LogP contribution in [0.4, 0.5) is 10.1 Å². The van der Waals surface area contributed by atoms with Gasteiger partial charge in [0, 0.05) is 5.56 Å².